The number of halogens is 1. The number of nitrogens with two attached hydrogens (primary N) is 1. The fourth-order valence-electron chi connectivity index (χ4n) is 3.70. The summed E-state index contributed by atoms with van der Waals surface area (Å²) in [5.41, 5.74) is 6.79. The van der Waals surface area contributed by atoms with Gasteiger partial charge in [0.1, 0.15) is 4.90 Å². The SMILES string of the molecule is Cc1nn(C)c(C)c1S(=O)(=O)NC(C)C(=O)NC(CN)C1CCCCC1.Cl. The van der Waals surface area contributed by atoms with Crippen LogP contribution in [0.1, 0.15) is 50.4 Å². The summed E-state index contributed by atoms with van der Waals surface area (Å²) < 4.78 is 29.4. The molecular weight excluding hydrogens is 390 g/mol. The molecule has 0 aliphatic heterocycles. The van der Waals surface area contributed by atoms with E-state index in [0.717, 1.165) is 25.7 Å². The number of hydrogen-bond donors (Lipinski definition) is 3. The van der Waals surface area contributed by atoms with Gasteiger partial charge in [-0.2, -0.15) is 9.82 Å². The second-order valence-corrected chi connectivity index (χ2v) is 8.87. The lowest BCUT2D eigenvalue weighted by atomic mass is 9.84. The predicted octanol–water partition coefficient (Wildman–Crippen LogP) is 1.15. The zero-order chi connectivity index (χ0) is 19.5. The van der Waals surface area contributed by atoms with Gasteiger partial charge in [-0.05, 0) is 39.5 Å². The van der Waals surface area contributed by atoms with Gasteiger partial charge in [-0.3, -0.25) is 9.48 Å². The van der Waals surface area contributed by atoms with E-state index < -0.39 is 16.1 Å². The molecule has 1 amide bonds. The van der Waals surface area contributed by atoms with Crippen molar-refractivity contribution in [2.75, 3.05) is 6.54 Å². The highest BCUT2D eigenvalue weighted by Crippen LogP contribution is 2.26. The van der Waals surface area contributed by atoms with Gasteiger partial charge in [0.05, 0.1) is 17.4 Å². The number of amides is 1. The van der Waals surface area contributed by atoms with Crippen LogP contribution in [0.25, 0.3) is 0 Å². The first-order valence-corrected chi connectivity index (χ1v) is 10.7. The van der Waals surface area contributed by atoms with Crippen LogP contribution in [-0.4, -0.2) is 42.7 Å². The second kappa shape index (κ2) is 9.86. The molecule has 2 atom stereocenters. The van der Waals surface area contributed by atoms with E-state index in [2.05, 4.69) is 15.1 Å². The predicted molar refractivity (Wildman–Crippen MR) is 107 cm³/mol. The maximum Gasteiger partial charge on any atom is 0.244 e. The highest BCUT2D eigenvalue weighted by Gasteiger charge is 2.30. The van der Waals surface area contributed by atoms with E-state index in [1.54, 1.807) is 27.8 Å². The summed E-state index contributed by atoms with van der Waals surface area (Å²) in [6, 6.07) is -1.01. The molecule has 1 aliphatic rings. The third kappa shape index (κ3) is 5.66. The quantitative estimate of drug-likeness (QED) is 0.610. The monoisotopic (exact) mass is 421 g/mol. The third-order valence-corrected chi connectivity index (χ3v) is 7.03. The number of aryl methyl sites for hydroxylation is 2. The summed E-state index contributed by atoms with van der Waals surface area (Å²) in [6.07, 6.45) is 5.63. The summed E-state index contributed by atoms with van der Waals surface area (Å²) in [5, 5.41) is 7.07. The summed E-state index contributed by atoms with van der Waals surface area (Å²) >= 11 is 0. The number of carbonyl (C=O) groups is 1. The molecule has 1 heterocycles. The number of aromatic nitrogens is 2. The Morgan fingerprint density at radius 1 is 1.30 bits per heavy atom. The third-order valence-electron chi connectivity index (χ3n) is 5.24. The Labute approximate surface area is 168 Å². The molecule has 0 saturated heterocycles. The van der Waals surface area contributed by atoms with Gasteiger partial charge in [-0.25, -0.2) is 8.42 Å². The Balaban J connectivity index is 0.00000364. The number of nitrogens with one attached hydrogen (secondary N) is 2. The highest BCUT2D eigenvalue weighted by atomic mass is 35.5. The minimum Gasteiger partial charge on any atom is -0.350 e. The number of nitrogens with zero attached hydrogens (tertiary/aromatic N) is 2. The van der Waals surface area contributed by atoms with Crippen LogP contribution in [-0.2, 0) is 21.9 Å². The van der Waals surface area contributed by atoms with Crippen molar-refractivity contribution in [3.63, 3.8) is 0 Å². The van der Waals surface area contributed by atoms with Gasteiger partial charge in [0.15, 0.2) is 0 Å². The minimum absolute atomic E-state index is 0. The molecule has 27 heavy (non-hydrogen) atoms. The molecule has 1 aromatic rings. The van der Waals surface area contributed by atoms with E-state index in [9.17, 15) is 13.2 Å². The molecule has 4 N–H and O–H groups in total. The molecule has 0 radical (unpaired) electrons. The Kier molecular flexibility index (Phi) is 8.72. The van der Waals surface area contributed by atoms with Crippen LogP contribution in [0.3, 0.4) is 0 Å². The Morgan fingerprint density at radius 3 is 2.37 bits per heavy atom. The van der Waals surface area contributed by atoms with Gasteiger partial charge >= 0.3 is 0 Å². The van der Waals surface area contributed by atoms with E-state index in [4.69, 9.17) is 5.73 Å². The van der Waals surface area contributed by atoms with E-state index >= 15 is 0 Å². The molecule has 2 unspecified atom stereocenters. The van der Waals surface area contributed by atoms with Gasteiger partial charge in [-0.1, -0.05) is 19.3 Å². The molecule has 2 rings (SSSR count). The zero-order valence-corrected chi connectivity index (χ0v) is 18.1. The summed E-state index contributed by atoms with van der Waals surface area (Å²) in [5.74, 6) is 0.0121. The first-order chi connectivity index (χ1) is 12.2. The maximum atomic E-state index is 12.7. The molecule has 156 valence electrons. The fourth-order valence-corrected chi connectivity index (χ4v) is 5.34. The van der Waals surface area contributed by atoms with Crippen LogP contribution in [0.15, 0.2) is 4.90 Å². The van der Waals surface area contributed by atoms with E-state index in [0.29, 0.717) is 23.9 Å². The molecule has 0 bridgehead atoms. The van der Waals surface area contributed by atoms with Crippen molar-refractivity contribution in [2.45, 2.75) is 69.9 Å². The Morgan fingerprint density at radius 2 is 1.89 bits per heavy atom. The minimum atomic E-state index is -3.84. The molecule has 1 aliphatic carbocycles. The fraction of sp³-hybridized carbons (Fsp3) is 0.765. The molecule has 0 aromatic carbocycles. The average Bonchev–Trinajstić information content (AvgIpc) is 2.85. The number of hydrogen-bond acceptors (Lipinski definition) is 5. The van der Waals surface area contributed by atoms with Gasteiger partial charge in [0.2, 0.25) is 15.9 Å². The van der Waals surface area contributed by atoms with Crippen molar-refractivity contribution < 1.29 is 13.2 Å². The van der Waals surface area contributed by atoms with Crippen molar-refractivity contribution in [1.29, 1.82) is 0 Å². The smallest absolute Gasteiger partial charge is 0.244 e. The second-order valence-electron chi connectivity index (χ2n) is 7.22. The molecule has 8 nitrogen and oxygen atoms in total. The maximum absolute atomic E-state index is 12.7. The molecular formula is C17H32ClN5O3S. The lowest BCUT2D eigenvalue weighted by molar-refractivity contribution is -0.123. The highest BCUT2D eigenvalue weighted by molar-refractivity contribution is 7.89. The normalized spacial score (nSPS) is 17.8. The van der Waals surface area contributed by atoms with Gasteiger partial charge in [0, 0.05) is 19.6 Å². The van der Waals surface area contributed by atoms with Crippen molar-refractivity contribution in [2.24, 2.45) is 18.7 Å². The van der Waals surface area contributed by atoms with Gasteiger partial charge in [0.25, 0.3) is 0 Å². The Hall–Kier alpha value is -1.16. The number of carbonyl (C=O) groups excluding carboxylic acids is 1. The van der Waals surface area contributed by atoms with E-state index in [-0.39, 0.29) is 29.3 Å². The van der Waals surface area contributed by atoms with Crippen LogP contribution >= 0.6 is 12.4 Å². The first-order valence-electron chi connectivity index (χ1n) is 9.20. The van der Waals surface area contributed by atoms with Gasteiger partial charge in [-0.15, -0.1) is 12.4 Å². The van der Waals surface area contributed by atoms with Crippen LogP contribution in [0.2, 0.25) is 0 Å². The molecule has 10 heteroatoms. The molecule has 1 saturated carbocycles. The standard InChI is InChI=1S/C17H31N5O3S.ClH/c1-11-16(13(3)22(4)20-11)26(24,25)21-12(2)17(23)19-15(10-18)14-8-6-5-7-9-14;/h12,14-15,21H,5-10,18H2,1-4H3,(H,19,23);1H. The number of sulfonamides is 1. The molecule has 0 spiro atoms. The Bertz CT molecular complexity index is 744. The van der Waals surface area contributed by atoms with Crippen LogP contribution in [0, 0.1) is 19.8 Å². The van der Waals surface area contributed by atoms with Crippen LogP contribution in [0.5, 0.6) is 0 Å². The van der Waals surface area contributed by atoms with Crippen molar-refractivity contribution >= 4 is 28.3 Å². The molecule has 1 fully saturated rings. The van der Waals surface area contributed by atoms with Crippen LogP contribution < -0.4 is 15.8 Å². The summed E-state index contributed by atoms with van der Waals surface area (Å²) in [4.78, 5) is 12.7. The van der Waals surface area contributed by atoms with Crippen molar-refractivity contribution in [3.8, 4) is 0 Å². The average molecular weight is 422 g/mol. The molecule has 1 aromatic heterocycles. The van der Waals surface area contributed by atoms with Crippen LogP contribution in [0.4, 0.5) is 0 Å². The lowest BCUT2D eigenvalue weighted by Crippen LogP contribution is -2.52. The van der Waals surface area contributed by atoms with Crippen molar-refractivity contribution in [3.05, 3.63) is 11.4 Å². The first kappa shape index (κ1) is 23.9. The van der Waals surface area contributed by atoms with E-state index in [1.165, 1.54) is 11.1 Å². The lowest BCUT2D eigenvalue weighted by Gasteiger charge is -2.31. The number of rotatable bonds is 7. The van der Waals surface area contributed by atoms with E-state index in [1.807, 2.05) is 0 Å². The topological polar surface area (TPSA) is 119 Å². The summed E-state index contributed by atoms with van der Waals surface area (Å²) in [6.45, 7) is 5.23. The van der Waals surface area contributed by atoms with Crippen molar-refractivity contribution in [1.82, 2.24) is 19.8 Å². The van der Waals surface area contributed by atoms with Gasteiger partial charge < -0.3 is 11.1 Å². The summed E-state index contributed by atoms with van der Waals surface area (Å²) in [7, 11) is -2.15. The largest absolute Gasteiger partial charge is 0.350 e. The zero-order valence-electron chi connectivity index (χ0n) is 16.5.